The van der Waals surface area contributed by atoms with Gasteiger partial charge in [0.15, 0.2) is 0 Å². The first kappa shape index (κ1) is 17.5. The van der Waals surface area contributed by atoms with Gasteiger partial charge in [0, 0.05) is 12.1 Å². The van der Waals surface area contributed by atoms with E-state index in [4.69, 9.17) is 5.73 Å². The van der Waals surface area contributed by atoms with E-state index in [0.29, 0.717) is 0 Å². The van der Waals surface area contributed by atoms with Crippen molar-refractivity contribution in [2.24, 2.45) is 0 Å². The number of halogens is 4. The molecule has 0 radical (unpaired) electrons. The third-order valence-corrected chi connectivity index (χ3v) is 3.11. The fourth-order valence-electron chi connectivity index (χ4n) is 1.96. The molecule has 1 heterocycles. The number of nitrogen functional groups attached to an aromatic ring is 1. The van der Waals surface area contributed by atoms with Gasteiger partial charge in [0.25, 0.3) is 11.8 Å². The zero-order valence-corrected chi connectivity index (χ0v) is 11.9. The first-order valence-electron chi connectivity index (χ1n) is 6.57. The van der Waals surface area contributed by atoms with Gasteiger partial charge in [0.05, 0.1) is 5.69 Å². The van der Waals surface area contributed by atoms with Crippen molar-refractivity contribution in [1.82, 2.24) is 5.06 Å². The molecule has 1 fully saturated rings. The number of hydroxylamine groups is 2. The zero-order valence-electron chi connectivity index (χ0n) is 11.9. The quantitative estimate of drug-likeness (QED) is 0.485. The Morgan fingerprint density at radius 2 is 2.00 bits per heavy atom. The van der Waals surface area contributed by atoms with Crippen LogP contribution < -0.4 is 11.1 Å². The van der Waals surface area contributed by atoms with Crippen molar-refractivity contribution in [3.63, 3.8) is 0 Å². The summed E-state index contributed by atoms with van der Waals surface area (Å²) in [7, 11) is 0. The van der Waals surface area contributed by atoms with Gasteiger partial charge in [-0.1, -0.05) is 0 Å². The van der Waals surface area contributed by atoms with E-state index in [9.17, 15) is 31.9 Å². The molecule has 1 aromatic rings. The highest BCUT2D eigenvalue weighted by atomic mass is 19.4. The van der Waals surface area contributed by atoms with Crippen LogP contribution in [0.2, 0.25) is 0 Å². The summed E-state index contributed by atoms with van der Waals surface area (Å²) >= 11 is 0. The van der Waals surface area contributed by atoms with Gasteiger partial charge >= 0.3 is 12.1 Å². The van der Waals surface area contributed by atoms with Gasteiger partial charge < -0.3 is 15.9 Å². The highest BCUT2D eigenvalue weighted by molar-refractivity contribution is 6.01. The van der Waals surface area contributed by atoms with Gasteiger partial charge in [-0.25, -0.2) is 9.18 Å². The number of alkyl halides is 3. The molecule has 0 bridgehead atoms. The largest absolute Gasteiger partial charge is 0.493 e. The summed E-state index contributed by atoms with van der Waals surface area (Å²) < 4.78 is 49.7. The third kappa shape index (κ3) is 3.73. The Bertz CT molecular complexity index is 692. The van der Waals surface area contributed by atoms with Gasteiger partial charge in [-0.15, -0.1) is 5.06 Å². The Morgan fingerprint density at radius 3 is 2.58 bits per heavy atom. The molecule has 2 amide bonds. The van der Waals surface area contributed by atoms with Crippen LogP contribution in [0.5, 0.6) is 0 Å². The van der Waals surface area contributed by atoms with Gasteiger partial charge in [0.1, 0.15) is 11.9 Å². The Hall–Kier alpha value is -2.85. The van der Waals surface area contributed by atoms with Crippen molar-refractivity contribution >= 4 is 29.2 Å². The number of amides is 2. The summed E-state index contributed by atoms with van der Waals surface area (Å²) in [4.78, 5) is 38.2. The number of rotatable bonds is 3. The average molecular weight is 349 g/mol. The minimum absolute atomic E-state index is 0.0466. The Morgan fingerprint density at radius 1 is 1.33 bits per heavy atom. The molecule has 1 saturated heterocycles. The van der Waals surface area contributed by atoms with Crippen LogP contribution in [0.15, 0.2) is 18.2 Å². The van der Waals surface area contributed by atoms with Crippen molar-refractivity contribution in [2.45, 2.75) is 25.1 Å². The fraction of sp³-hybridized carbons (Fsp3) is 0.308. The van der Waals surface area contributed by atoms with Crippen molar-refractivity contribution in [3.8, 4) is 0 Å². The number of anilines is 2. The molecule has 0 saturated carbocycles. The van der Waals surface area contributed by atoms with Crippen molar-refractivity contribution in [3.05, 3.63) is 24.0 Å². The number of imide groups is 1. The number of nitrogens with zero attached hydrogens (tertiary/aromatic N) is 1. The topological polar surface area (TPSA) is 102 Å². The van der Waals surface area contributed by atoms with Crippen molar-refractivity contribution < 1.29 is 36.8 Å². The molecule has 1 aromatic carbocycles. The van der Waals surface area contributed by atoms with Crippen LogP contribution in [0.25, 0.3) is 0 Å². The molecule has 3 N–H and O–H groups in total. The molecule has 0 aliphatic carbocycles. The number of carbonyl (C=O) groups is 3. The summed E-state index contributed by atoms with van der Waals surface area (Å²) in [5.41, 5.74) is 5.37. The Labute approximate surface area is 132 Å². The first-order valence-corrected chi connectivity index (χ1v) is 6.57. The van der Waals surface area contributed by atoms with E-state index in [1.165, 1.54) is 12.1 Å². The highest BCUT2D eigenvalue weighted by Gasteiger charge is 2.46. The number of nitrogens with two attached hydrogens (primary N) is 1. The van der Waals surface area contributed by atoms with Crippen LogP contribution in [-0.4, -0.2) is 35.1 Å². The lowest BCUT2D eigenvalue weighted by Crippen LogP contribution is -2.52. The molecule has 130 valence electrons. The SMILES string of the molecule is Nc1cc(NC2CCC(=O)N(OC(=O)C(F)(F)F)C2=O)ccc1F. The standard InChI is InChI=1S/C13H11F4N3O4/c14-7-2-1-6(5-8(7)18)19-9-3-4-10(21)20(11(9)22)24-12(23)13(15,16)17/h1-2,5,9,19H,3-4,18H2. The van der Waals surface area contributed by atoms with Gasteiger partial charge in [-0.3, -0.25) is 9.59 Å². The number of nitrogens with one attached hydrogen (secondary N) is 1. The molecule has 11 heteroatoms. The van der Waals surface area contributed by atoms with Crippen LogP contribution in [0, 0.1) is 5.82 Å². The summed E-state index contributed by atoms with van der Waals surface area (Å²) in [5, 5.41) is 2.38. The maximum atomic E-state index is 13.1. The predicted octanol–water partition coefficient (Wildman–Crippen LogP) is 1.36. The molecule has 2 rings (SSSR count). The molecule has 7 nitrogen and oxygen atoms in total. The molecular weight excluding hydrogens is 338 g/mol. The second-order valence-electron chi connectivity index (χ2n) is 4.87. The number of carbonyl (C=O) groups excluding carboxylic acids is 3. The second-order valence-corrected chi connectivity index (χ2v) is 4.87. The average Bonchev–Trinajstić information content (AvgIpc) is 2.49. The highest BCUT2D eigenvalue weighted by Crippen LogP contribution is 2.23. The zero-order chi connectivity index (χ0) is 18.1. The predicted molar refractivity (Wildman–Crippen MR) is 71.5 cm³/mol. The van der Waals surface area contributed by atoms with Gasteiger partial charge in [0.2, 0.25) is 0 Å². The monoisotopic (exact) mass is 349 g/mol. The summed E-state index contributed by atoms with van der Waals surface area (Å²) in [6, 6.07) is 2.30. The molecule has 1 atom stereocenters. The van der Waals surface area contributed by atoms with Crippen molar-refractivity contribution in [1.29, 1.82) is 0 Å². The van der Waals surface area contributed by atoms with E-state index in [0.717, 1.165) is 6.07 Å². The van der Waals surface area contributed by atoms with Crippen molar-refractivity contribution in [2.75, 3.05) is 11.1 Å². The van der Waals surface area contributed by atoms with Crippen LogP contribution >= 0.6 is 0 Å². The lowest BCUT2D eigenvalue weighted by molar-refractivity contribution is -0.237. The lowest BCUT2D eigenvalue weighted by Gasteiger charge is -2.29. The van der Waals surface area contributed by atoms with E-state index in [1.54, 1.807) is 0 Å². The van der Waals surface area contributed by atoms with Crippen LogP contribution in [-0.2, 0) is 19.2 Å². The molecule has 0 aromatic heterocycles. The number of hydrogen-bond acceptors (Lipinski definition) is 6. The molecule has 24 heavy (non-hydrogen) atoms. The molecule has 0 spiro atoms. The maximum Gasteiger partial charge on any atom is 0.493 e. The minimum Gasteiger partial charge on any atom is -0.396 e. The second kappa shape index (κ2) is 6.34. The fourth-order valence-corrected chi connectivity index (χ4v) is 1.96. The normalized spacial score (nSPS) is 18.5. The van der Waals surface area contributed by atoms with E-state index >= 15 is 0 Å². The number of hydrogen-bond donors (Lipinski definition) is 2. The van der Waals surface area contributed by atoms with Crippen LogP contribution in [0.3, 0.4) is 0 Å². The summed E-state index contributed by atoms with van der Waals surface area (Å²) in [5.74, 6) is -5.62. The first-order chi connectivity index (χ1) is 11.1. The van der Waals surface area contributed by atoms with Gasteiger partial charge in [-0.2, -0.15) is 13.2 Å². The molecule has 1 unspecified atom stereocenters. The van der Waals surface area contributed by atoms with E-state index in [2.05, 4.69) is 10.2 Å². The minimum atomic E-state index is -5.35. The molecule has 1 aliphatic rings. The van der Waals surface area contributed by atoms with E-state index in [-0.39, 0.29) is 29.3 Å². The number of benzene rings is 1. The summed E-state index contributed by atoms with van der Waals surface area (Å²) in [6.07, 6.45) is -5.73. The smallest absolute Gasteiger partial charge is 0.396 e. The maximum absolute atomic E-state index is 13.1. The van der Waals surface area contributed by atoms with Crippen LogP contribution in [0.1, 0.15) is 12.8 Å². The Balaban J connectivity index is 2.12. The summed E-state index contributed by atoms with van der Waals surface area (Å²) in [6.45, 7) is 0. The lowest BCUT2D eigenvalue weighted by atomic mass is 10.1. The van der Waals surface area contributed by atoms with E-state index in [1.807, 2.05) is 0 Å². The molecular formula is C13H11F4N3O4. The van der Waals surface area contributed by atoms with Gasteiger partial charge in [-0.05, 0) is 24.6 Å². The third-order valence-electron chi connectivity index (χ3n) is 3.11. The Kier molecular flexibility index (Phi) is 4.62. The number of piperidine rings is 1. The molecule has 1 aliphatic heterocycles. The van der Waals surface area contributed by atoms with Crippen LogP contribution in [0.4, 0.5) is 28.9 Å². The van der Waals surface area contributed by atoms with E-state index < -0.39 is 35.8 Å².